The van der Waals surface area contributed by atoms with Crippen molar-refractivity contribution in [3.05, 3.63) is 118 Å². The van der Waals surface area contributed by atoms with E-state index in [9.17, 15) is 0 Å². The molecule has 0 atom stereocenters. The molecule has 0 saturated carbocycles. The average molecular weight is 499 g/mol. The lowest BCUT2D eigenvalue weighted by Gasteiger charge is -2.26. The standard InChI is InChI=1S/C36H38N2/c1-35(2)31(37-29-23-21-25-15-11-13-17-27(25)33(29)35)19-9-7-6-8-10-20-32-36(3,4)34-28-18-14-12-16-26(28)22-24-30(34)38(32)5/h6-12,15-16,19-24H,13-14,17-18H2,1-5H3. The van der Waals surface area contributed by atoms with Crippen molar-refractivity contribution < 1.29 is 0 Å². The largest absolute Gasteiger partial charge is 0.347 e. The molecule has 4 aliphatic rings. The van der Waals surface area contributed by atoms with Gasteiger partial charge in [-0.3, -0.25) is 4.99 Å². The smallest absolute Gasteiger partial charge is 0.0677 e. The molecule has 0 spiro atoms. The molecule has 2 nitrogen and oxygen atoms in total. The molecule has 0 radical (unpaired) electrons. The van der Waals surface area contributed by atoms with E-state index in [1.54, 1.807) is 0 Å². The van der Waals surface area contributed by atoms with E-state index in [0.717, 1.165) is 37.1 Å². The SMILES string of the molecule is CN1C(=CC=CC=CC=CC2=Nc3ccc4c(c3C2(C)C)CCC=C4)C(C)(C)c2c1ccc1c2CCC=C1. The highest BCUT2D eigenvalue weighted by Gasteiger charge is 2.40. The maximum absolute atomic E-state index is 5.01. The summed E-state index contributed by atoms with van der Waals surface area (Å²) >= 11 is 0. The lowest BCUT2D eigenvalue weighted by Crippen LogP contribution is -2.25. The van der Waals surface area contributed by atoms with E-state index in [4.69, 9.17) is 4.99 Å². The Bertz CT molecular complexity index is 1510. The van der Waals surface area contributed by atoms with Crippen molar-refractivity contribution in [1.29, 1.82) is 0 Å². The number of allylic oxidation sites excluding steroid dienone is 10. The van der Waals surface area contributed by atoms with E-state index in [0.29, 0.717) is 0 Å². The number of hydrogen-bond donors (Lipinski definition) is 0. The Morgan fingerprint density at radius 1 is 0.737 bits per heavy atom. The Hall–Kier alpha value is -3.65. The van der Waals surface area contributed by atoms with E-state index in [2.05, 4.69) is 131 Å². The maximum Gasteiger partial charge on any atom is 0.0677 e. The van der Waals surface area contributed by atoms with Gasteiger partial charge in [-0.25, -0.2) is 0 Å². The van der Waals surface area contributed by atoms with Gasteiger partial charge in [0, 0.05) is 29.3 Å². The molecule has 0 amide bonds. The van der Waals surface area contributed by atoms with Crippen LogP contribution in [0.2, 0.25) is 0 Å². The van der Waals surface area contributed by atoms with Crippen molar-refractivity contribution in [3.63, 3.8) is 0 Å². The molecule has 0 saturated heterocycles. The molecule has 0 aromatic heterocycles. The summed E-state index contributed by atoms with van der Waals surface area (Å²) in [6.07, 6.45) is 28.7. The summed E-state index contributed by atoms with van der Waals surface area (Å²) in [5.74, 6) is 0. The van der Waals surface area contributed by atoms with E-state index in [1.807, 2.05) is 0 Å². The first-order valence-electron chi connectivity index (χ1n) is 14.0. The molecule has 2 aliphatic carbocycles. The van der Waals surface area contributed by atoms with Crippen LogP contribution in [0.25, 0.3) is 12.2 Å². The Morgan fingerprint density at radius 2 is 1.37 bits per heavy atom. The summed E-state index contributed by atoms with van der Waals surface area (Å²) in [4.78, 5) is 7.38. The van der Waals surface area contributed by atoms with Crippen LogP contribution in [-0.2, 0) is 23.7 Å². The molecule has 2 aromatic rings. The third-order valence-corrected chi connectivity index (χ3v) is 8.82. The van der Waals surface area contributed by atoms with Gasteiger partial charge >= 0.3 is 0 Å². The maximum atomic E-state index is 5.01. The minimum Gasteiger partial charge on any atom is -0.347 e. The van der Waals surface area contributed by atoms with Crippen molar-refractivity contribution in [2.45, 2.75) is 64.2 Å². The number of anilines is 1. The highest BCUT2D eigenvalue weighted by molar-refractivity contribution is 6.09. The quantitative estimate of drug-likeness (QED) is 0.384. The van der Waals surface area contributed by atoms with Gasteiger partial charge in [-0.05, 0) is 83.3 Å². The number of fused-ring (bicyclic) bond motifs is 6. The first-order chi connectivity index (χ1) is 18.3. The third-order valence-electron chi connectivity index (χ3n) is 8.82. The van der Waals surface area contributed by atoms with Crippen LogP contribution < -0.4 is 4.90 Å². The molecule has 38 heavy (non-hydrogen) atoms. The third kappa shape index (κ3) is 3.89. The normalized spacial score (nSPS) is 21.4. The van der Waals surface area contributed by atoms with Crippen molar-refractivity contribution in [2.24, 2.45) is 4.99 Å². The van der Waals surface area contributed by atoms with Crippen LogP contribution in [0.5, 0.6) is 0 Å². The van der Waals surface area contributed by atoms with E-state index in [-0.39, 0.29) is 10.8 Å². The van der Waals surface area contributed by atoms with Gasteiger partial charge in [-0.15, -0.1) is 0 Å². The lowest BCUT2D eigenvalue weighted by atomic mass is 9.76. The van der Waals surface area contributed by atoms with Gasteiger partial charge in [-0.1, -0.05) is 94.5 Å². The van der Waals surface area contributed by atoms with E-state index >= 15 is 0 Å². The Kier molecular flexibility index (Phi) is 6.02. The summed E-state index contributed by atoms with van der Waals surface area (Å²) < 4.78 is 0. The number of rotatable bonds is 4. The molecule has 0 N–H and O–H groups in total. The number of nitrogens with zero attached hydrogens (tertiary/aromatic N) is 2. The minimum atomic E-state index is -0.0704. The highest BCUT2D eigenvalue weighted by Crippen LogP contribution is 2.50. The van der Waals surface area contributed by atoms with Crippen molar-refractivity contribution >= 4 is 29.2 Å². The van der Waals surface area contributed by atoms with Crippen LogP contribution in [0.1, 0.15) is 73.9 Å². The van der Waals surface area contributed by atoms with Gasteiger partial charge in [0.15, 0.2) is 0 Å². The molecule has 192 valence electrons. The number of hydrogen-bond acceptors (Lipinski definition) is 2. The number of aliphatic imine (C=N–C) groups is 1. The van der Waals surface area contributed by atoms with Crippen LogP contribution >= 0.6 is 0 Å². The van der Waals surface area contributed by atoms with Crippen LogP contribution in [-0.4, -0.2) is 12.8 Å². The van der Waals surface area contributed by atoms with Gasteiger partial charge in [-0.2, -0.15) is 0 Å². The first kappa shape index (κ1) is 24.7. The summed E-state index contributed by atoms with van der Waals surface area (Å²) in [7, 11) is 2.20. The molecule has 0 unspecified atom stereocenters. The van der Waals surface area contributed by atoms with Crippen LogP contribution in [0.3, 0.4) is 0 Å². The summed E-state index contributed by atoms with van der Waals surface area (Å²) in [5.41, 5.74) is 13.5. The fourth-order valence-corrected chi connectivity index (χ4v) is 6.92. The molecule has 0 bridgehead atoms. The molecular weight excluding hydrogens is 460 g/mol. The molecular formula is C36H38N2. The van der Waals surface area contributed by atoms with Crippen molar-refractivity contribution in [3.8, 4) is 0 Å². The number of benzene rings is 2. The first-order valence-corrected chi connectivity index (χ1v) is 14.0. The second kappa shape index (κ2) is 9.27. The zero-order valence-corrected chi connectivity index (χ0v) is 23.4. The summed E-state index contributed by atoms with van der Waals surface area (Å²) in [6.45, 7) is 9.34. The van der Waals surface area contributed by atoms with E-state index in [1.165, 1.54) is 44.8 Å². The highest BCUT2D eigenvalue weighted by atomic mass is 15.2. The van der Waals surface area contributed by atoms with Gasteiger partial charge in [0.2, 0.25) is 0 Å². The van der Waals surface area contributed by atoms with Crippen molar-refractivity contribution in [2.75, 3.05) is 11.9 Å². The number of likely N-dealkylation sites (N-methyl/N-ethyl adjacent to an activating group) is 1. The van der Waals surface area contributed by atoms with Gasteiger partial charge in [0.05, 0.1) is 11.4 Å². The van der Waals surface area contributed by atoms with Gasteiger partial charge < -0.3 is 4.90 Å². The second-order valence-electron chi connectivity index (χ2n) is 11.9. The zero-order valence-electron chi connectivity index (χ0n) is 23.4. The predicted octanol–water partition coefficient (Wildman–Crippen LogP) is 8.95. The monoisotopic (exact) mass is 498 g/mol. The molecule has 2 heteroatoms. The Balaban J connectivity index is 1.16. The predicted molar refractivity (Wildman–Crippen MR) is 165 cm³/mol. The topological polar surface area (TPSA) is 15.6 Å². The molecule has 2 aromatic carbocycles. The second-order valence-corrected chi connectivity index (χ2v) is 11.9. The van der Waals surface area contributed by atoms with E-state index < -0.39 is 0 Å². The Morgan fingerprint density at radius 3 is 2.11 bits per heavy atom. The van der Waals surface area contributed by atoms with Crippen LogP contribution in [0.15, 0.2) is 89.6 Å². The zero-order chi connectivity index (χ0) is 26.5. The minimum absolute atomic E-state index is 0.00917. The molecule has 2 aliphatic heterocycles. The average Bonchev–Trinajstić information content (AvgIpc) is 3.29. The van der Waals surface area contributed by atoms with Crippen LogP contribution in [0.4, 0.5) is 11.4 Å². The molecule has 2 heterocycles. The van der Waals surface area contributed by atoms with Gasteiger partial charge in [0.25, 0.3) is 0 Å². The van der Waals surface area contributed by atoms with Crippen molar-refractivity contribution in [1.82, 2.24) is 0 Å². The fraction of sp³-hybridized carbons (Fsp3) is 0.306. The lowest BCUT2D eigenvalue weighted by molar-refractivity contribution is 0.631. The Labute approximate surface area is 228 Å². The fourth-order valence-electron chi connectivity index (χ4n) is 6.92. The summed E-state index contributed by atoms with van der Waals surface area (Å²) in [6, 6.07) is 8.98. The van der Waals surface area contributed by atoms with Gasteiger partial charge in [0.1, 0.15) is 0 Å². The molecule has 0 fully saturated rings. The van der Waals surface area contributed by atoms with Crippen LogP contribution in [0, 0.1) is 0 Å². The summed E-state index contributed by atoms with van der Waals surface area (Å²) in [5, 5.41) is 0. The molecule has 6 rings (SSSR count).